The zero-order valence-corrected chi connectivity index (χ0v) is 9.45. The normalized spacial score (nSPS) is 14.4. The van der Waals surface area contributed by atoms with Crippen molar-refractivity contribution >= 4 is 17.5 Å². The van der Waals surface area contributed by atoms with Crippen molar-refractivity contribution in [3.05, 3.63) is 34.9 Å². The van der Waals surface area contributed by atoms with Crippen molar-refractivity contribution in [2.75, 3.05) is 0 Å². The SMILES string of the molecule is CC(O)C(=O)NC(C)c1ccccc1Cl. The fraction of sp³-hybridized carbons (Fsp3) is 0.364. The second kappa shape index (κ2) is 5.14. The molecule has 1 rings (SSSR count). The van der Waals surface area contributed by atoms with Crippen molar-refractivity contribution in [2.45, 2.75) is 26.0 Å². The maximum Gasteiger partial charge on any atom is 0.249 e. The molecule has 0 aliphatic carbocycles. The Balaban J connectivity index is 2.73. The summed E-state index contributed by atoms with van der Waals surface area (Å²) in [6, 6.07) is 7.08. The molecule has 0 heterocycles. The number of halogens is 1. The third-order valence-corrected chi connectivity index (χ3v) is 2.45. The summed E-state index contributed by atoms with van der Waals surface area (Å²) in [6.07, 6.45) is -1.00. The Bertz CT molecular complexity index is 352. The third-order valence-electron chi connectivity index (χ3n) is 2.11. The number of hydrogen-bond donors (Lipinski definition) is 2. The molecule has 0 spiro atoms. The van der Waals surface area contributed by atoms with Gasteiger partial charge in [0.15, 0.2) is 0 Å². The van der Waals surface area contributed by atoms with Crippen molar-refractivity contribution in [3.63, 3.8) is 0 Å². The molecule has 82 valence electrons. The number of nitrogens with one attached hydrogen (secondary N) is 1. The van der Waals surface area contributed by atoms with Gasteiger partial charge in [0, 0.05) is 5.02 Å². The molecule has 0 aliphatic heterocycles. The molecule has 0 saturated carbocycles. The van der Waals surface area contributed by atoms with Crippen LogP contribution in [0.15, 0.2) is 24.3 Å². The molecular formula is C11H14ClNO2. The average molecular weight is 228 g/mol. The minimum atomic E-state index is -1.00. The topological polar surface area (TPSA) is 49.3 Å². The summed E-state index contributed by atoms with van der Waals surface area (Å²) < 4.78 is 0. The zero-order valence-electron chi connectivity index (χ0n) is 8.70. The summed E-state index contributed by atoms with van der Waals surface area (Å²) in [6.45, 7) is 3.25. The lowest BCUT2D eigenvalue weighted by molar-refractivity contribution is -0.129. The van der Waals surface area contributed by atoms with Crippen LogP contribution in [0.25, 0.3) is 0 Å². The van der Waals surface area contributed by atoms with E-state index in [9.17, 15) is 4.79 Å². The summed E-state index contributed by atoms with van der Waals surface area (Å²) >= 11 is 5.97. The molecule has 2 unspecified atom stereocenters. The fourth-order valence-corrected chi connectivity index (χ4v) is 1.54. The van der Waals surface area contributed by atoms with Crippen LogP contribution in [0.5, 0.6) is 0 Å². The predicted molar refractivity (Wildman–Crippen MR) is 59.7 cm³/mol. The largest absolute Gasteiger partial charge is 0.384 e. The van der Waals surface area contributed by atoms with Crippen LogP contribution in [0.4, 0.5) is 0 Å². The van der Waals surface area contributed by atoms with Crippen LogP contribution in [0.3, 0.4) is 0 Å². The average Bonchev–Trinajstić information content (AvgIpc) is 2.18. The van der Waals surface area contributed by atoms with Crippen molar-refractivity contribution < 1.29 is 9.90 Å². The Morgan fingerprint density at radius 2 is 2.00 bits per heavy atom. The van der Waals surface area contributed by atoms with Gasteiger partial charge in [0.05, 0.1) is 6.04 Å². The number of carbonyl (C=O) groups is 1. The number of aliphatic hydroxyl groups excluding tert-OH is 1. The molecule has 1 aromatic rings. The molecule has 0 saturated heterocycles. The van der Waals surface area contributed by atoms with E-state index in [4.69, 9.17) is 16.7 Å². The Hall–Kier alpha value is -1.06. The lowest BCUT2D eigenvalue weighted by Crippen LogP contribution is -2.34. The number of amides is 1. The van der Waals surface area contributed by atoms with Gasteiger partial charge in [-0.25, -0.2) is 0 Å². The summed E-state index contributed by atoms with van der Waals surface area (Å²) in [4.78, 5) is 11.2. The van der Waals surface area contributed by atoms with Gasteiger partial charge in [-0.1, -0.05) is 29.8 Å². The van der Waals surface area contributed by atoms with Crippen LogP contribution >= 0.6 is 11.6 Å². The van der Waals surface area contributed by atoms with Crippen LogP contribution in [0, 0.1) is 0 Å². The van der Waals surface area contributed by atoms with Crippen LogP contribution in [-0.2, 0) is 4.79 Å². The molecule has 0 aliphatic rings. The monoisotopic (exact) mass is 227 g/mol. The number of benzene rings is 1. The standard InChI is InChI=1S/C11H14ClNO2/c1-7(13-11(15)8(2)14)9-5-3-4-6-10(9)12/h3-8,14H,1-2H3,(H,13,15). The second-order valence-electron chi connectivity index (χ2n) is 3.43. The lowest BCUT2D eigenvalue weighted by atomic mass is 10.1. The molecular weight excluding hydrogens is 214 g/mol. The molecule has 2 atom stereocenters. The van der Waals surface area contributed by atoms with E-state index in [0.717, 1.165) is 5.56 Å². The third kappa shape index (κ3) is 3.22. The Morgan fingerprint density at radius 3 is 2.53 bits per heavy atom. The first kappa shape index (κ1) is 12.0. The molecule has 0 bridgehead atoms. The smallest absolute Gasteiger partial charge is 0.249 e. The molecule has 2 N–H and O–H groups in total. The van der Waals surface area contributed by atoms with Gasteiger partial charge in [0.25, 0.3) is 0 Å². The molecule has 4 heteroatoms. The molecule has 15 heavy (non-hydrogen) atoms. The maximum atomic E-state index is 11.2. The van der Waals surface area contributed by atoms with E-state index in [1.54, 1.807) is 6.07 Å². The maximum absolute atomic E-state index is 11.2. The number of aliphatic hydroxyl groups is 1. The zero-order chi connectivity index (χ0) is 11.4. The van der Waals surface area contributed by atoms with Gasteiger partial charge in [0.1, 0.15) is 6.10 Å². The summed E-state index contributed by atoms with van der Waals surface area (Å²) in [7, 11) is 0. The van der Waals surface area contributed by atoms with Crippen molar-refractivity contribution in [1.82, 2.24) is 5.32 Å². The first-order chi connectivity index (χ1) is 7.02. The van der Waals surface area contributed by atoms with Crippen LogP contribution < -0.4 is 5.32 Å². The molecule has 3 nitrogen and oxygen atoms in total. The Labute approximate surface area is 94.1 Å². The predicted octanol–water partition coefficient (Wildman–Crippen LogP) is 1.90. The minimum absolute atomic E-state index is 0.208. The first-order valence-electron chi connectivity index (χ1n) is 4.75. The lowest BCUT2D eigenvalue weighted by Gasteiger charge is -2.16. The highest BCUT2D eigenvalue weighted by molar-refractivity contribution is 6.31. The quantitative estimate of drug-likeness (QED) is 0.829. The van der Waals surface area contributed by atoms with Gasteiger partial charge in [-0.15, -0.1) is 0 Å². The van der Waals surface area contributed by atoms with Gasteiger partial charge in [-0.05, 0) is 25.5 Å². The van der Waals surface area contributed by atoms with Crippen molar-refractivity contribution in [1.29, 1.82) is 0 Å². The fourth-order valence-electron chi connectivity index (χ4n) is 1.24. The van der Waals surface area contributed by atoms with E-state index in [1.165, 1.54) is 6.92 Å². The van der Waals surface area contributed by atoms with E-state index < -0.39 is 12.0 Å². The molecule has 1 aromatic carbocycles. The van der Waals surface area contributed by atoms with Crippen molar-refractivity contribution in [3.8, 4) is 0 Å². The Morgan fingerprint density at radius 1 is 1.40 bits per heavy atom. The molecule has 0 fully saturated rings. The highest BCUT2D eigenvalue weighted by Crippen LogP contribution is 2.21. The molecule has 1 amide bonds. The first-order valence-corrected chi connectivity index (χ1v) is 5.13. The van der Waals surface area contributed by atoms with Crippen LogP contribution in [0.2, 0.25) is 5.02 Å². The summed E-state index contributed by atoms with van der Waals surface area (Å²) in [5, 5.41) is 12.3. The van der Waals surface area contributed by atoms with Gasteiger partial charge in [-0.2, -0.15) is 0 Å². The second-order valence-corrected chi connectivity index (χ2v) is 3.83. The summed E-state index contributed by atoms with van der Waals surface area (Å²) in [5.74, 6) is -0.401. The van der Waals surface area contributed by atoms with Crippen molar-refractivity contribution in [2.24, 2.45) is 0 Å². The van der Waals surface area contributed by atoms with E-state index in [1.807, 2.05) is 25.1 Å². The van der Waals surface area contributed by atoms with Gasteiger partial charge >= 0.3 is 0 Å². The van der Waals surface area contributed by atoms with Gasteiger partial charge < -0.3 is 10.4 Å². The number of carbonyl (C=O) groups excluding carboxylic acids is 1. The van der Waals surface area contributed by atoms with Gasteiger partial charge in [-0.3, -0.25) is 4.79 Å². The van der Waals surface area contributed by atoms with Crippen LogP contribution in [0.1, 0.15) is 25.5 Å². The van der Waals surface area contributed by atoms with Crippen LogP contribution in [-0.4, -0.2) is 17.1 Å². The highest BCUT2D eigenvalue weighted by Gasteiger charge is 2.14. The minimum Gasteiger partial charge on any atom is -0.384 e. The van der Waals surface area contributed by atoms with E-state index in [-0.39, 0.29) is 6.04 Å². The number of rotatable bonds is 3. The highest BCUT2D eigenvalue weighted by atomic mass is 35.5. The molecule has 0 aromatic heterocycles. The molecule has 0 radical (unpaired) electrons. The van der Waals surface area contributed by atoms with E-state index >= 15 is 0 Å². The number of hydrogen-bond acceptors (Lipinski definition) is 2. The van der Waals surface area contributed by atoms with E-state index in [0.29, 0.717) is 5.02 Å². The Kier molecular flexibility index (Phi) is 4.12. The van der Waals surface area contributed by atoms with E-state index in [2.05, 4.69) is 5.32 Å². The van der Waals surface area contributed by atoms with Gasteiger partial charge in [0.2, 0.25) is 5.91 Å². The summed E-state index contributed by atoms with van der Waals surface area (Å²) in [5.41, 5.74) is 0.841.